The van der Waals surface area contributed by atoms with Crippen LogP contribution in [0, 0.1) is 11.8 Å². The normalized spacial score (nSPS) is 24.9. The van der Waals surface area contributed by atoms with E-state index in [4.69, 9.17) is 0 Å². The molecule has 2 amide bonds. The molecule has 1 saturated heterocycles. The quantitative estimate of drug-likeness (QED) is 0.714. The average molecular weight is 358 g/mol. The largest absolute Gasteiger partial charge is 0.274 e. The maximum atomic E-state index is 12.8. The highest BCUT2D eigenvalue weighted by Crippen LogP contribution is 2.42. The van der Waals surface area contributed by atoms with E-state index in [1.54, 1.807) is 0 Å². The summed E-state index contributed by atoms with van der Waals surface area (Å²) in [6.07, 6.45) is 3.80. The molecule has 4 rings (SSSR count). The van der Waals surface area contributed by atoms with E-state index in [-0.39, 0.29) is 23.7 Å². The first kappa shape index (κ1) is 13.9. The molecule has 2 fully saturated rings. The lowest BCUT2D eigenvalue weighted by Gasteiger charge is -2.19. The predicted molar refractivity (Wildman–Crippen MR) is 89.6 cm³/mol. The van der Waals surface area contributed by atoms with Gasteiger partial charge in [0, 0.05) is 9.86 Å². The third kappa shape index (κ3) is 1.93. The Balaban J connectivity index is 1.87. The topological polar surface area (TPSA) is 37.4 Å². The van der Waals surface area contributed by atoms with E-state index in [2.05, 4.69) is 15.9 Å². The van der Waals surface area contributed by atoms with Crippen molar-refractivity contribution in [1.29, 1.82) is 0 Å². The maximum Gasteiger partial charge on any atom is 0.237 e. The molecule has 0 bridgehead atoms. The van der Waals surface area contributed by atoms with E-state index in [1.165, 1.54) is 4.90 Å². The molecule has 1 aliphatic heterocycles. The summed E-state index contributed by atoms with van der Waals surface area (Å²) in [5.41, 5.74) is 0.725. The lowest BCUT2D eigenvalue weighted by atomic mass is 9.81. The van der Waals surface area contributed by atoms with Crippen LogP contribution in [0.3, 0.4) is 0 Å². The van der Waals surface area contributed by atoms with Crippen LogP contribution >= 0.6 is 15.9 Å². The van der Waals surface area contributed by atoms with Crippen LogP contribution in [0.25, 0.3) is 10.8 Å². The minimum Gasteiger partial charge on any atom is -0.274 e. The van der Waals surface area contributed by atoms with Crippen LogP contribution in [0.2, 0.25) is 0 Å². The number of halogens is 1. The molecule has 0 N–H and O–H groups in total. The summed E-state index contributed by atoms with van der Waals surface area (Å²) >= 11 is 3.54. The van der Waals surface area contributed by atoms with Crippen molar-refractivity contribution in [3.05, 3.63) is 40.9 Å². The molecule has 4 heteroatoms. The number of amides is 2. The van der Waals surface area contributed by atoms with Crippen molar-refractivity contribution in [1.82, 2.24) is 0 Å². The van der Waals surface area contributed by atoms with Crippen LogP contribution in [-0.4, -0.2) is 11.8 Å². The molecule has 0 aromatic heterocycles. The standard InChI is InChI=1S/C18H16BrNO2/c19-15-9-10-16(12-6-2-1-5-11(12)15)20-17(21)13-7-3-4-8-14(13)18(20)22/h1-2,5-6,9-10,13-14H,3-4,7-8H2. The molecule has 112 valence electrons. The molecule has 2 atom stereocenters. The van der Waals surface area contributed by atoms with Gasteiger partial charge in [-0.05, 0) is 30.4 Å². The zero-order valence-corrected chi connectivity index (χ0v) is 13.7. The van der Waals surface area contributed by atoms with E-state index in [9.17, 15) is 9.59 Å². The Morgan fingerprint density at radius 3 is 2.09 bits per heavy atom. The molecule has 1 heterocycles. The Morgan fingerprint density at radius 2 is 1.45 bits per heavy atom. The van der Waals surface area contributed by atoms with Crippen LogP contribution in [0.1, 0.15) is 25.7 Å². The molecular weight excluding hydrogens is 342 g/mol. The number of hydrogen-bond donors (Lipinski definition) is 0. The molecule has 2 aromatic carbocycles. The smallest absolute Gasteiger partial charge is 0.237 e. The number of nitrogens with zero attached hydrogens (tertiary/aromatic N) is 1. The Labute approximate surface area is 137 Å². The number of hydrogen-bond acceptors (Lipinski definition) is 2. The first-order valence-electron chi connectivity index (χ1n) is 7.73. The molecule has 2 aliphatic rings. The average Bonchev–Trinajstić information content (AvgIpc) is 2.81. The minimum absolute atomic E-state index is 0.0119. The van der Waals surface area contributed by atoms with Crippen molar-refractivity contribution in [2.24, 2.45) is 11.8 Å². The van der Waals surface area contributed by atoms with Crippen LogP contribution in [0.5, 0.6) is 0 Å². The fourth-order valence-corrected chi connectivity index (χ4v) is 4.32. The van der Waals surface area contributed by atoms with Gasteiger partial charge >= 0.3 is 0 Å². The molecule has 0 spiro atoms. The minimum atomic E-state index is -0.108. The molecular formula is C18H16BrNO2. The highest BCUT2D eigenvalue weighted by atomic mass is 79.9. The van der Waals surface area contributed by atoms with Gasteiger partial charge in [0.25, 0.3) is 0 Å². The predicted octanol–water partition coefficient (Wildman–Crippen LogP) is 4.28. The summed E-state index contributed by atoms with van der Waals surface area (Å²) in [6, 6.07) is 11.7. The van der Waals surface area contributed by atoms with Crippen LogP contribution in [-0.2, 0) is 9.59 Å². The second-order valence-electron chi connectivity index (χ2n) is 6.12. The molecule has 2 aromatic rings. The van der Waals surface area contributed by atoms with Crippen LogP contribution in [0.15, 0.2) is 40.9 Å². The zero-order chi connectivity index (χ0) is 15.3. The SMILES string of the molecule is O=C1C2CCCCC2C(=O)N1c1ccc(Br)c2ccccc12. The molecule has 3 nitrogen and oxygen atoms in total. The third-order valence-corrected chi connectivity index (χ3v) is 5.62. The highest BCUT2D eigenvalue weighted by molar-refractivity contribution is 9.10. The van der Waals surface area contributed by atoms with Gasteiger partial charge in [0.15, 0.2) is 0 Å². The summed E-state index contributed by atoms with van der Waals surface area (Å²) in [5, 5.41) is 1.97. The molecule has 1 aliphatic carbocycles. The summed E-state index contributed by atoms with van der Waals surface area (Å²) in [7, 11) is 0. The van der Waals surface area contributed by atoms with Crippen LogP contribution in [0.4, 0.5) is 5.69 Å². The second-order valence-corrected chi connectivity index (χ2v) is 6.98. The number of anilines is 1. The van der Waals surface area contributed by atoms with Crippen molar-refractivity contribution in [2.75, 3.05) is 4.90 Å². The van der Waals surface area contributed by atoms with Gasteiger partial charge in [-0.2, -0.15) is 0 Å². The van der Waals surface area contributed by atoms with Crippen molar-refractivity contribution in [3.8, 4) is 0 Å². The first-order valence-corrected chi connectivity index (χ1v) is 8.53. The highest BCUT2D eigenvalue weighted by Gasteiger charge is 2.49. The van der Waals surface area contributed by atoms with E-state index in [0.717, 1.165) is 46.6 Å². The van der Waals surface area contributed by atoms with Gasteiger partial charge in [-0.3, -0.25) is 9.59 Å². The lowest BCUT2D eigenvalue weighted by Crippen LogP contribution is -2.31. The summed E-state index contributed by atoms with van der Waals surface area (Å²) in [6.45, 7) is 0. The number of carbonyl (C=O) groups is 2. The Morgan fingerprint density at radius 1 is 0.864 bits per heavy atom. The maximum absolute atomic E-state index is 12.8. The molecule has 0 radical (unpaired) electrons. The van der Waals surface area contributed by atoms with Gasteiger partial charge in [-0.25, -0.2) is 4.90 Å². The number of benzene rings is 2. The lowest BCUT2D eigenvalue weighted by molar-refractivity contribution is -0.122. The van der Waals surface area contributed by atoms with Crippen LogP contribution < -0.4 is 4.90 Å². The van der Waals surface area contributed by atoms with Gasteiger partial charge < -0.3 is 0 Å². The number of carbonyl (C=O) groups excluding carboxylic acids is 2. The van der Waals surface area contributed by atoms with Crippen molar-refractivity contribution in [2.45, 2.75) is 25.7 Å². The van der Waals surface area contributed by atoms with Crippen molar-refractivity contribution < 1.29 is 9.59 Å². The molecule has 1 saturated carbocycles. The fraction of sp³-hybridized carbons (Fsp3) is 0.333. The van der Waals surface area contributed by atoms with Gasteiger partial charge in [0.1, 0.15) is 0 Å². The summed E-state index contributed by atoms with van der Waals surface area (Å²) < 4.78 is 0.975. The summed E-state index contributed by atoms with van der Waals surface area (Å²) in [4.78, 5) is 27.0. The van der Waals surface area contributed by atoms with Gasteiger partial charge in [-0.15, -0.1) is 0 Å². The Kier molecular flexibility index (Phi) is 3.30. The fourth-order valence-electron chi connectivity index (χ4n) is 3.84. The van der Waals surface area contributed by atoms with E-state index >= 15 is 0 Å². The van der Waals surface area contributed by atoms with E-state index in [1.807, 2.05) is 36.4 Å². The monoisotopic (exact) mass is 357 g/mol. The number of imide groups is 1. The van der Waals surface area contributed by atoms with Crippen molar-refractivity contribution in [3.63, 3.8) is 0 Å². The third-order valence-electron chi connectivity index (χ3n) is 4.93. The van der Waals surface area contributed by atoms with E-state index in [0.29, 0.717) is 0 Å². The van der Waals surface area contributed by atoms with E-state index < -0.39 is 0 Å². The van der Waals surface area contributed by atoms with Gasteiger partial charge in [-0.1, -0.05) is 53.0 Å². The number of rotatable bonds is 1. The number of fused-ring (bicyclic) bond motifs is 2. The van der Waals surface area contributed by atoms with Crippen molar-refractivity contribution >= 4 is 44.2 Å². The second kappa shape index (κ2) is 5.20. The molecule has 22 heavy (non-hydrogen) atoms. The molecule has 2 unspecified atom stereocenters. The first-order chi connectivity index (χ1) is 10.7. The summed E-state index contributed by atoms with van der Waals surface area (Å²) in [5.74, 6) is -0.239. The Bertz CT molecular complexity index is 762. The Hall–Kier alpha value is -1.68. The zero-order valence-electron chi connectivity index (χ0n) is 12.1. The van der Waals surface area contributed by atoms with Gasteiger partial charge in [0.05, 0.1) is 17.5 Å². The van der Waals surface area contributed by atoms with Gasteiger partial charge in [0.2, 0.25) is 11.8 Å².